The van der Waals surface area contributed by atoms with Gasteiger partial charge < -0.3 is 15.0 Å². The number of methoxy groups -OCH3 is 1. The van der Waals surface area contributed by atoms with E-state index in [0.717, 1.165) is 25.6 Å². The van der Waals surface area contributed by atoms with Crippen LogP contribution in [0.15, 0.2) is 54.6 Å². The standard InChI is InChI=1S/C25H28F4N2O2/c1-33-24(25(27,28)29,19-5-3-2-4-6-19)22(32)31-15-12-23(13-16-31)11-14-30-17-21(23)18-7-9-20(26)10-8-18/h2-10,21,30H,11-17H2,1H3/t21?,24-/m1/s1. The summed E-state index contributed by atoms with van der Waals surface area (Å²) in [5.41, 5.74) is -2.41. The molecule has 0 aromatic heterocycles. The number of rotatable bonds is 4. The summed E-state index contributed by atoms with van der Waals surface area (Å²) in [7, 11) is 0.932. The molecule has 0 bridgehead atoms. The monoisotopic (exact) mass is 464 g/mol. The first-order valence-electron chi connectivity index (χ1n) is 11.2. The molecule has 0 saturated carbocycles. The van der Waals surface area contributed by atoms with Gasteiger partial charge in [0.25, 0.3) is 11.5 Å². The number of nitrogens with one attached hydrogen (secondary N) is 1. The van der Waals surface area contributed by atoms with Crippen LogP contribution in [0.25, 0.3) is 0 Å². The Labute approximate surface area is 190 Å². The van der Waals surface area contributed by atoms with Crippen LogP contribution in [0.4, 0.5) is 17.6 Å². The second kappa shape index (κ2) is 9.06. The molecule has 8 heteroatoms. The van der Waals surface area contributed by atoms with Crippen LogP contribution in [0.1, 0.15) is 36.3 Å². The summed E-state index contributed by atoms with van der Waals surface area (Å²) in [6, 6.07) is 13.5. The molecule has 1 spiro atoms. The Morgan fingerprint density at radius 2 is 1.67 bits per heavy atom. The molecule has 0 aliphatic carbocycles. The number of halogens is 4. The number of ether oxygens (including phenoxy) is 1. The van der Waals surface area contributed by atoms with Crippen LogP contribution < -0.4 is 5.32 Å². The largest absolute Gasteiger partial charge is 0.430 e. The highest BCUT2D eigenvalue weighted by atomic mass is 19.4. The average molecular weight is 465 g/mol. The highest BCUT2D eigenvalue weighted by Gasteiger charge is 2.64. The molecule has 178 valence electrons. The van der Waals surface area contributed by atoms with Crippen LogP contribution in [0.5, 0.6) is 0 Å². The maximum Gasteiger partial charge on any atom is 0.430 e. The molecule has 4 nitrogen and oxygen atoms in total. The van der Waals surface area contributed by atoms with Crippen molar-refractivity contribution in [3.8, 4) is 0 Å². The number of amides is 1. The molecule has 2 atom stereocenters. The first-order valence-corrected chi connectivity index (χ1v) is 11.2. The van der Waals surface area contributed by atoms with Gasteiger partial charge in [-0.1, -0.05) is 42.5 Å². The van der Waals surface area contributed by atoms with Crippen LogP contribution in [-0.2, 0) is 15.1 Å². The van der Waals surface area contributed by atoms with Gasteiger partial charge >= 0.3 is 6.18 Å². The molecular formula is C25H28F4N2O2. The van der Waals surface area contributed by atoms with E-state index in [0.29, 0.717) is 19.4 Å². The average Bonchev–Trinajstić information content (AvgIpc) is 2.81. The predicted molar refractivity (Wildman–Crippen MR) is 116 cm³/mol. The van der Waals surface area contributed by atoms with Crippen molar-refractivity contribution in [2.75, 3.05) is 33.3 Å². The Morgan fingerprint density at radius 1 is 1.03 bits per heavy atom. The van der Waals surface area contributed by atoms with E-state index in [4.69, 9.17) is 4.74 Å². The normalized spacial score (nSPS) is 22.7. The summed E-state index contributed by atoms with van der Waals surface area (Å²) in [5, 5.41) is 3.39. The van der Waals surface area contributed by atoms with E-state index in [-0.39, 0.29) is 35.8 Å². The summed E-state index contributed by atoms with van der Waals surface area (Å²) < 4.78 is 61.4. The molecule has 2 aromatic carbocycles. The molecule has 1 amide bonds. The number of hydrogen-bond acceptors (Lipinski definition) is 3. The number of carbonyl (C=O) groups excluding carboxylic acids is 1. The van der Waals surface area contributed by atoms with Gasteiger partial charge in [-0.2, -0.15) is 13.2 Å². The lowest BCUT2D eigenvalue weighted by Gasteiger charge is -2.50. The van der Waals surface area contributed by atoms with Gasteiger partial charge in [-0.3, -0.25) is 4.79 Å². The van der Waals surface area contributed by atoms with Gasteiger partial charge in [0.15, 0.2) is 0 Å². The van der Waals surface area contributed by atoms with Crippen molar-refractivity contribution in [1.29, 1.82) is 0 Å². The Bertz CT molecular complexity index is 957. The maximum absolute atomic E-state index is 14.3. The number of hydrogen-bond donors (Lipinski definition) is 1. The quantitative estimate of drug-likeness (QED) is 0.672. The summed E-state index contributed by atoms with van der Waals surface area (Å²) in [4.78, 5) is 14.7. The van der Waals surface area contributed by atoms with Crippen molar-refractivity contribution < 1.29 is 27.1 Å². The number of nitrogens with zero attached hydrogens (tertiary/aromatic N) is 1. The summed E-state index contributed by atoms with van der Waals surface area (Å²) in [5.74, 6) is -1.28. The second-order valence-corrected chi connectivity index (χ2v) is 8.96. The summed E-state index contributed by atoms with van der Waals surface area (Å²) in [6.07, 6.45) is -2.91. The zero-order valence-electron chi connectivity index (χ0n) is 18.5. The lowest BCUT2D eigenvalue weighted by molar-refractivity contribution is -0.271. The fraction of sp³-hybridized carbons (Fsp3) is 0.480. The van der Waals surface area contributed by atoms with E-state index >= 15 is 0 Å². The van der Waals surface area contributed by atoms with E-state index < -0.39 is 17.7 Å². The van der Waals surface area contributed by atoms with Gasteiger partial charge in [0.2, 0.25) is 0 Å². The molecule has 2 aliphatic heterocycles. The molecule has 2 aromatic rings. The van der Waals surface area contributed by atoms with E-state index in [2.05, 4.69) is 5.32 Å². The lowest BCUT2D eigenvalue weighted by atomic mass is 9.62. The minimum Gasteiger partial charge on any atom is -0.356 e. The number of likely N-dealkylation sites (tertiary alicyclic amines) is 1. The molecule has 4 rings (SSSR count). The third-order valence-electron chi connectivity index (χ3n) is 7.39. The minimum atomic E-state index is -4.92. The molecule has 0 radical (unpaired) electrons. The van der Waals surface area contributed by atoms with Crippen LogP contribution in [0.3, 0.4) is 0 Å². The van der Waals surface area contributed by atoms with Crippen molar-refractivity contribution in [1.82, 2.24) is 10.2 Å². The highest BCUT2D eigenvalue weighted by molar-refractivity contribution is 5.88. The third kappa shape index (κ3) is 4.15. The Morgan fingerprint density at radius 3 is 2.24 bits per heavy atom. The van der Waals surface area contributed by atoms with Crippen LogP contribution in [0, 0.1) is 11.2 Å². The topological polar surface area (TPSA) is 41.6 Å². The Kier molecular flexibility index (Phi) is 6.51. The van der Waals surface area contributed by atoms with Gasteiger partial charge in [-0.05, 0) is 48.9 Å². The van der Waals surface area contributed by atoms with Crippen LogP contribution in [-0.4, -0.2) is 50.3 Å². The molecule has 2 saturated heterocycles. The molecular weight excluding hydrogens is 436 g/mol. The highest BCUT2D eigenvalue weighted by Crippen LogP contribution is 2.50. The smallest absolute Gasteiger partial charge is 0.356 e. The van der Waals surface area contributed by atoms with Crippen molar-refractivity contribution in [3.05, 3.63) is 71.5 Å². The first-order chi connectivity index (χ1) is 15.7. The Balaban J connectivity index is 1.59. The summed E-state index contributed by atoms with van der Waals surface area (Å²) in [6.45, 7) is 1.95. The van der Waals surface area contributed by atoms with Gasteiger partial charge in [0, 0.05) is 38.2 Å². The van der Waals surface area contributed by atoms with Crippen molar-refractivity contribution in [2.45, 2.75) is 37.0 Å². The molecule has 33 heavy (non-hydrogen) atoms. The SMILES string of the molecule is CO[C@@](C(=O)N1CCC2(CCNCC2c2ccc(F)cc2)CC1)(c1ccccc1)C(F)(F)F. The zero-order valence-corrected chi connectivity index (χ0v) is 18.5. The molecule has 2 fully saturated rings. The predicted octanol–water partition coefficient (Wildman–Crippen LogP) is 4.62. The minimum absolute atomic E-state index is 0.105. The fourth-order valence-electron chi connectivity index (χ4n) is 5.52. The molecule has 1 unspecified atom stereocenters. The van der Waals surface area contributed by atoms with Gasteiger partial charge in [-0.25, -0.2) is 4.39 Å². The summed E-state index contributed by atoms with van der Waals surface area (Å²) >= 11 is 0. The van der Waals surface area contributed by atoms with Gasteiger partial charge in [0.05, 0.1) is 0 Å². The number of benzene rings is 2. The third-order valence-corrected chi connectivity index (χ3v) is 7.39. The van der Waals surface area contributed by atoms with E-state index in [1.54, 1.807) is 18.2 Å². The maximum atomic E-state index is 14.3. The van der Waals surface area contributed by atoms with Crippen molar-refractivity contribution in [2.24, 2.45) is 5.41 Å². The first kappa shape index (κ1) is 23.7. The van der Waals surface area contributed by atoms with Gasteiger partial charge in [-0.15, -0.1) is 0 Å². The van der Waals surface area contributed by atoms with Crippen LogP contribution >= 0.6 is 0 Å². The van der Waals surface area contributed by atoms with Gasteiger partial charge in [0.1, 0.15) is 5.82 Å². The number of piperidine rings is 2. The van der Waals surface area contributed by atoms with Crippen molar-refractivity contribution in [3.63, 3.8) is 0 Å². The zero-order chi connectivity index (χ0) is 23.7. The van der Waals surface area contributed by atoms with Crippen LogP contribution in [0.2, 0.25) is 0 Å². The van der Waals surface area contributed by atoms with E-state index in [9.17, 15) is 22.4 Å². The molecule has 1 N–H and O–H groups in total. The number of carbonyl (C=O) groups is 1. The number of alkyl halides is 3. The molecule has 2 heterocycles. The fourth-order valence-corrected chi connectivity index (χ4v) is 5.52. The van der Waals surface area contributed by atoms with Crippen molar-refractivity contribution >= 4 is 5.91 Å². The molecule has 2 aliphatic rings. The second-order valence-electron chi connectivity index (χ2n) is 8.96. The Hall–Kier alpha value is -2.45. The van der Waals surface area contributed by atoms with E-state index in [1.807, 2.05) is 0 Å². The van der Waals surface area contributed by atoms with E-state index in [1.165, 1.54) is 41.3 Å². The lowest BCUT2D eigenvalue weighted by Crippen LogP contribution is -2.59.